The topological polar surface area (TPSA) is 84.6 Å². The van der Waals surface area contributed by atoms with Crippen LogP contribution >= 0.6 is 0 Å². The highest BCUT2D eigenvalue weighted by Crippen LogP contribution is 2.15. The van der Waals surface area contributed by atoms with Crippen LogP contribution in [0.1, 0.15) is 5.89 Å². The number of hydrogen-bond acceptors (Lipinski definition) is 7. The van der Waals surface area contributed by atoms with Crippen molar-refractivity contribution < 1.29 is 18.4 Å². The molecule has 29 heavy (non-hydrogen) atoms. The molecule has 9 heteroatoms. The lowest BCUT2D eigenvalue weighted by atomic mass is 10.3. The molecule has 1 amide bonds. The van der Waals surface area contributed by atoms with Gasteiger partial charge in [0.25, 0.3) is 5.91 Å². The number of aromatic nitrogens is 3. The quantitative estimate of drug-likeness (QED) is 0.629. The van der Waals surface area contributed by atoms with E-state index < -0.39 is 0 Å². The standard InChI is InChI=1S/C20H20FN5O3/c21-15-4-6-16(7-5-15)28-14-19(27)26-11-9-25(10-12-26)13-18-23-20(24-29-18)17-3-1-2-8-22-17/h1-8H,9-14H2. The lowest BCUT2D eigenvalue weighted by molar-refractivity contribution is -0.135. The third-order valence-corrected chi connectivity index (χ3v) is 4.62. The number of halogens is 1. The molecule has 3 heterocycles. The molecule has 1 fully saturated rings. The maximum absolute atomic E-state index is 12.9. The molecule has 1 aliphatic heterocycles. The number of benzene rings is 1. The Labute approximate surface area is 166 Å². The Bertz CT molecular complexity index is 940. The van der Waals surface area contributed by atoms with Gasteiger partial charge in [0.2, 0.25) is 11.7 Å². The van der Waals surface area contributed by atoms with Gasteiger partial charge < -0.3 is 14.2 Å². The van der Waals surface area contributed by atoms with Crippen molar-refractivity contribution in [3.63, 3.8) is 0 Å². The molecular weight excluding hydrogens is 377 g/mol. The van der Waals surface area contributed by atoms with Crippen LogP contribution in [0.4, 0.5) is 4.39 Å². The number of ether oxygens (including phenoxy) is 1. The average molecular weight is 397 g/mol. The zero-order valence-electron chi connectivity index (χ0n) is 15.7. The minimum absolute atomic E-state index is 0.0667. The number of carbonyl (C=O) groups is 1. The molecule has 8 nitrogen and oxygen atoms in total. The van der Waals surface area contributed by atoms with Crippen molar-refractivity contribution in [1.29, 1.82) is 0 Å². The number of amides is 1. The second-order valence-corrected chi connectivity index (χ2v) is 6.63. The highest BCUT2D eigenvalue weighted by molar-refractivity contribution is 5.77. The van der Waals surface area contributed by atoms with Crippen molar-refractivity contribution >= 4 is 5.91 Å². The van der Waals surface area contributed by atoms with E-state index in [4.69, 9.17) is 9.26 Å². The zero-order chi connectivity index (χ0) is 20.1. The maximum Gasteiger partial charge on any atom is 0.260 e. The van der Waals surface area contributed by atoms with Gasteiger partial charge in [0.05, 0.1) is 6.54 Å². The van der Waals surface area contributed by atoms with E-state index in [2.05, 4.69) is 20.0 Å². The number of carbonyl (C=O) groups excluding carboxylic acids is 1. The van der Waals surface area contributed by atoms with Crippen molar-refractivity contribution in [2.45, 2.75) is 6.54 Å². The number of nitrogens with zero attached hydrogens (tertiary/aromatic N) is 5. The summed E-state index contributed by atoms with van der Waals surface area (Å²) in [7, 11) is 0. The van der Waals surface area contributed by atoms with E-state index in [0.717, 1.165) is 0 Å². The first-order valence-electron chi connectivity index (χ1n) is 9.30. The van der Waals surface area contributed by atoms with Gasteiger partial charge in [-0.2, -0.15) is 4.98 Å². The van der Waals surface area contributed by atoms with Crippen LogP contribution in [-0.2, 0) is 11.3 Å². The summed E-state index contributed by atoms with van der Waals surface area (Å²) in [6, 6.07) is 11.1. The van der Waals surface area contributed by atoms with E-state index in [-0.39, 0.29) is 18.3 Å². The minimum atomic E-state index is -0.340. The van der Waals surface area contributed by atoms with Crippen LogP contribution in [0.25, 0.3) is 11.5 Å². The van der Waals surface area contributed by atoms with Crippen LogP contribution in [0.15, 0.2) is 53.2 Å². The largest absolute Gasteiger partial charge is 0.484 e. The fourth-order valence-corrected chi connectivity index (χ4v) is 3.03. The molecular formula is C20H20FN5O3. The zero-order valence-corrected chi connectivity index (χ0v) is 15.7. The Hall–Kier alpha value is -3.33. The third-order valence-electron chi connectivity index (χ3n) is 4.62. The highest BCUT2D eigenvalue weighted by Gasteiger charge is 2.23. The number of hydrogen-bond donors (Lipinski definition) is 0. The molecule has 0 N–H and O–H groups in total. The molecule has 150 valence electrons. The van der Waals surface area contributed by atoms with E-state index in [0.29, 0.717) is 55.9 Å². The molecule has 0 aliphatic carbocycles. The van der Waals surface area contributed by atoms with Gasteiger partial charge in [-0.05, 0) is 36.4 Å². The van der Waals surface area contributed by atoms with Gasteiger partial charge >= 0.3 is 0 Å². The molecule has 4 rings (SSSR count). The van der Waals surface area contributed by atoms with Gasteiger partial charge in [0.15, 0.2) is 6.61 Å². The van der Waals surface area contributed by atoms with Crippen LogP contribution in [-0.4, -0.2) is 63.6 Å². The summed E-state index contributed by atoms with van der Waals surface area (Å²) in [5.41, 5.74) is 0.666. The van der Waals surface area contributed by atoms with Gasteiger partial charge in [-0.15, -0.1) is 0 Å². The van der Waals surface area contributed by atoms with Crippen LogP contribution in [0.5, 0.6) is 5.75 Å². The number of pyridine rings is 1. The van der Waals surface area contributed by atoms with Gasteiger partial charge in [0, 0.05) is 32.4 Å². The average Bonchev–Trinajstić information content (AvgIpc) is 3.23. The van der Waals surface area contributed by atoms with Crippen molar-refractivity contribution in [3.05, 3.63) is 60.4 Å². The number of rotatable bonds is 6. The van der Waals surface area contributed by atoms with Crippen molar-refractivity contribution in [2.75, 3.05) is 32.8 Å². The van der Waals surface area contributed by atoms with Gasteiger partial charge in [-0.1, -0.05) is 11.2 Å². The van der Waals surface area contributed by atoms with Crippen LogP contribution in [0.3, 0.4) is 0 Å². The molecule has 0 atom stereocenters. The molecule has 1 saturated heterocycles. The fraction of sp³-hybridized carbons (Fsp3) is 0.300. The molecule has 0 bridgehead atoms. The smallest absolute Gasteiger partial charge is 0.260 e. The van der Waals surface area contributed by atoms with Gasteiger partial charge in [-0.25, -0.2) is 4.39 Å². The molecule has 1 aliphatic rings. The Morgan fingerprint density at radius 3 is 2.62 bits per heavy atom. The summed E-state index contributed by atoms with van der Waals surface area (Å²) in [4.78, 5) is 24.8. The van der Waals surface area contributed by atoms with Crippen LogP contribution in [0, 0.1) is 5.82 Å². The molecule has 0 saturated carbocycles. The Balaban J connectivity index is 1.23. The molecule has 0 spiro atoms. The second-order valence-electron chi connectivity index (χ2n) is 6.63. The first-order chi connectivity index (χ1) is 14.2. The highest BCUT2D eigenvalue weighted by atomic mass is 19.1. The Kier molecular flexibility index (Phi) is 5.76. The van der Waals surface area contributed by atoms with E-state index in [9.17, 15) is 9.18 Å². The first-order valence-corrected chi connectivity index (χ1v) is 9.30. The Morgan fingerprint density at radius 1 is 1.10 bits per heavy atom. The van der Waals surface area contributed by atoms with Gasteiger partial charge in [0.1, 0.15) is 17.3 Å². The van der Waals surface area contributed by atoms with Crippen molar-refractivity contribution in [2.24, 2.45) is 0 Å². The summed E-state index contributed by atoms with van der Waals surface area (Å²) >= 11 is 0. The summed E-state index contributed by atoms with van der Waals surface area (Å²) in [6.07, 6.45) is 1.68. The van der Waals surface area contributed by atoms with E-state index in [1.807, 2.05) is 18.2 Å². The summed E-state index contributed by atoms with van der Waals surface area (Å²) in [5, 5.41) is 3.97. The third kappa shape index (κ3) is 4.94. The maximum atomic E-state index is 12.9. The lowest BCUT2D eigenvalue weighted by Gasteiger charge is -2.33. The monoisotopic (exact) mass is 397 g/mol. The van der Waals surface area contributed by atoms with Crippen molar-refractivity contribution in [1.82, 2.24) is 24.9 Å². The van der Waals surface area contributed by atoms with E-state index in [1.165, 1.54) is 24.3 Å². The van der Waals surface area contributed by atoms with Crippen LogP contribution < -0.4 is 4.74 Å². The summed E-state index contributed by atoms with van der Waals surface area (Å²) in [5.74, 6) is 1.02. The van der Waals surface area contributed by atoms with Crippen LogP contribution in [0.2, 0.25) is 0 Å². The summed E-state index contributed by atoms with van der Waals surface area (Å²) in [6.45, 7) is 3.03. The molecule has 2 aromatic heterocycles. The Morgan fingerprint density at radius 2 is 1.90 bits per heavy atom. The minimum Gasteiger partial charge on any atom is -0.484 e. The lowest BCUT2D eigenvalue weighted by Crippen LogP contribution is -2.49. The molecule has 1 aromatic carbocycles. The molecule has 0 radical (unpaired) electrons. The predicted molar refractivity (Wildman–Crippen MR) is 101 cm³/mol. The summed E-state index contributed by atoms with van der Waals surface area (Å²) < 4.78 is 23.7. The van der Waals surface area contributed by atoms with E-state index in [1.54, 1.807) is 11.1 Å². The van der Waals surface area contributed by atoms with Gasteiger partial charge in [-0.3, -0.25) is 14.7 Å². The normalized spacial score (nSPS) is 14.7. The number of piperazine rings is 1. The SMILES string of the molecule is O=C(COc1ccc(F)cc1)N1CCN(Cc2nc(-c3ccccn3)no2)CC1. The molecule has 0 unspecified atom stereocenters. The fourth-order valence-electron chi connectivity index (χ4n) is 3.03. The predicted octanol–water partition coefficient (Wildman–Crippen LogP) is 1.99. The van der Waals surface area contributed by atoms with Crippen molar-refractivity contribution in [3.8, 4) is 17.3 Å². The van der Waals surface area contributed by atoms with E-state index >= 15 is 0 Å². The second kappa shape index (κ2) is 8.78. The molecule has 3 aromatic rings. The first kappa shape index (κ1) is 19.0.